The van der Waals surface area contributed by atoms with Crippen LogP contribution in [0, 0.1) is 5.92 Å². The Balaban J connectivity index is 1.37. The van der Waals surface area contributed by atoms with Gasteiger partial charge in [0.2, 0.25) is 0 Å². The van der Waals surface area contributed by atoms with E-state index in [1.54, 1.807) is 35.2 Å². The van der Waals surface area contributed by atoms with Gasteiger partial charge in [0, 0.05) is 31.2 Å². The zero-order chi connectivity index (χ0) is 31.1. The first-order chi connectivity index (χ1) is 21.3. The van der Waals surface area contributed by atoms with Crippen molar-refractivity contribution >= 4 is 23.3 Å². The highest BCUT2D eigenvalue weighted by molar-refractivity contribution is 6.04. The molecule has 0 saturated heterocycles. The lowest BCUT2D eigenvalue weighted by Gasteiger charge is -2.38. The molecule has 1 aliphatic heterocycles. The van der Waals surface area contributed by atoms with E-state index in [9.17, 15) is 14.7 Å². The topological polar surface area (TPSA) is 94.1 Å². The number of nitrogens with zero attached hydrogens (tertiary/aromatic N) is 2. The number of urea groups is 1. The second-order valence-corrected chi connectivity index (χ2v) is 11.5. The van der Waals surface area contributed by atoms with E-state index in [4.69, 9.17) is 4.74 Å². The largest absolute Gasteiger partial charge is 0.486 e. The molecule has 0 aliphatic carbocycles. The number of ether oxygens (including phenoxy) is 1. The number of hydrogen-bond donors (Lipinski definition) is 3. The maximum Gasteiger partial charge on any atom is 0.323 e. The van der Waals surface area contributed by atoms with E-state index >= 15 is 0 Å². The third-order valence-corrected chi connectivity index (χ3v) is 7.98. The molecule has 3 atom stereocenters. The lowest BCUT2D eigenvalue weighted by molar-refractivity contribution is 0.0343. The highest BCUT2D eigenvalue weighted by Crippen LogP contribution is 2.35. The van der Waals surface area contributed by atoms with Crippen LogP contribution in [0.4, 0.5) is 16.2 Å². The molecule has 0 aromatic heterocycles. The molecular weight excluding hydrogens is 552 g/mol. The number of anilines is 2. The van der Waals surface area contributed by atoms with Gasteiger partial charge in [-0.15, -0.1) is 0 Å². The van der Waals surface area contributed by atoms with Gasteiger partial charge in [-0.2, -0.15) is 0 Å². The predicted molar refractivity (Wildman–Crippen MR) is 175 cm³/mol. The summed E-state index contributed by atoms with van der Waals surface area (Å²) in [5, 5.41) is 15.7. The molecule has 1 aliphatic rings. The molecular formula is C36H40N4O4. The highest BCUT2D eigenvalue weighted by atomic mass is 16.5. The van der Waals surface area contributed by atoms with Gasteiger partial charge in [0.25, 0.3) is 5.91 Å². The number of amides is 3. The molecule has 0 fully saturated rings. The number of fused-ring (bicyclic) bond motifs is 1. The zero-order valence-corrected chi connectivity index (χ0v) is 25.4. The standard InChI is InChI=1S/C36H40N4O4/c1-25-21-40(26(2)24-41)35(42)31-15-10-16-32(38-36(43)37-30-13-8-5-9-14-30)34(31)44-33(25)23-39(3)22-27-17-19-29(20-18-27)28-11-6-4-7-12-28/h4-20,25-26,33,41H,21-24H2,1-3H3,(H2,37,38,43)/t25-,26+,33+/m1/s1. The molecule has 4 aromatic carbocycles. The molecule has 0 bridgehead atoms. The molecule has 4 aromatic rings. The van der Waals surface area contributed by atoms with Crippen molar-refractivity contribution in [2.45, 2.75) is 32.5 Å². The first-order valence-electron chi connectivity index (χ1n) is 15.0. The van der Waals surface area contributed by atoms with Crippen LogP contribution in [0.2, 0.25) is 0 Å². The average Bonchev–Trinajstić information content (AvgIpc) is 3.04. The number of benzene rings is 4. The van der Waals surface area contributed by atoms with Crippen LogP contribution >= 0.6 is 0 Å². The second-order valence-electron chi connectivity index (χ2n) is 11.5. The molecule has 0 saturated carbocycles. The summed E-state index contributed by atoms with van der Waals surface area (Å²) in [5.74, 6) is 0.0223. The van der Waals surface area contributed by atoms with Crippen molar-refractivity contribution in [2.24, 2.45) is 5.92 Å². The van der Waals surface area contributed by atoms with Gasteiger partial charge in [0.1, 0.15) is 6.10 Å². The molecule has 228 valence electrons. The number of hydrogen-bond acceptors (Lipinski definition) is 5. The normalized spacial score (nSPS) is 17.2. The maximum absolute atomic E-state index is 13.8. The molecule has 5 rings (SSSR count). The molecule has 0 radical (unpaired) electrons. The molecule has 0 unspecified atom stereocenters. The fourth-order valence-electron chi connectivity index (χ4n) is 5.48. The first-order valence-corrected chi connectivity index (χ1v) is 15.0. The summed E-state index contributed by atoms with van der Waals surface area (Å²) in [6.45, 7) is 5.46. The van der Waals surface area contributed by atoms with E-state index < -0.39 is 6.03 Å². The van der Waals surface area contributed by atoms with Crippen LogP contribution in [0.3, 0.4) is 0 Å². The third kappa shape index (κ3) is 7.45. The minimum atomic E-state index is -0.441. The van der Waals surface area contributed by atoms with Crippen molar-refractivity contribution in [2.75, 3.05) is 37.4 Å². The van der Waals surface area contributed by atoms with Crippen molar-refractivity contribution in [1.29, 1.82) is 0 Å². The van der Waals surface area contributed by atoms with E-state index in [0.29, 0.717) is 42.3 Å². The number of carbonyl (C=O) groups excluding carboxylic acids is 2. The summed E-state index contributed by atoms with van der Waals surface area (Å²) in [6.07, 6.45) is -0.302. The Morgan fingerprint density at radius 1 is 0.932 bits per heavy atom. The van der Waals surface area contributed by atoms with Crippen LogP contribution in [0.1, 0.15) is 29.8 Å². The lowest BCUT2D eigenvalue weighted by atomic mass is 9.98. The Morgan fingerprint density at radius 3 is 2.27 bits per heavy atom. The number of para-hydroxylation sites is 2. The number of carbonyl (C=O) groups is 2. The van der Waals surface area contributed by atoms with Crippen LogP contribution in [0.15, 0.2) is 103 Å². The first kappa shape index (κ1) is 30.8. The minimum absolute atomic E-state index is 0.0600. The lowest BCUT2D eigenvalue weighted by Crippen LogP contribution is -2.49. The fourth-order valence-corrected chi connectivity index (χ4v) is 5.48. The SMILES string of the molecule is C[C@@H]1CN([C@@H](C)CO)C(=O)c2cccc(NC(=O)Nc3ccccc3)c2O[C@H]1CN(C)Cc1ccc(-c2ccccc2)cc1. The van der Waals surface area contributed by atoms with Crippen LogP contribution in [-0.2, 0) is 6.54 Å². The van der Waals surface area contributed by atoms with Gasteiger partial charge in [-0.05, 0) is 54.9 Å². The molecule has 8 nitrogen and oxygen atoms in total. The third-order valence-electron chi connectivity index (χ3n) is 7.98. The molecule has 3 N–H and O–H groups in total. The van der Waals surface area contributed by atoms with E-state index in [-0.39, 0.29) is 30.6 Å². The Morgan fingerprint density at radius 2 is 1.59 bits per heavy atom. The van der Waals surface area contributed by atoms with Gasteiger partial charge in [-0.25, -0.2) is 4.79 Å². The van der Waals surface area contributed by atoms with Crippen molar-refractivity contribution in [3.8, 4) is 16.9 Å². The molecule has 3 amide bonds. The Bertz CT molecular complexity index is 1550. The van der Waals surface area contributed by atoms with Crippen molar-refractivity contribution in [1.82, 2.24) is 9.80 Å². The number of nitrogens with one attached hydrogen (secondary N) is 2. The van der Waals surface area contributed by atoms with Crippen LogP contribution in [-0.4, -0.2) is 65.7 Å². The number of likely N-dealkylation sites (N-methyl/N-ethyl adjacent to an activating group) is 1. The van der Waals surface area contributed by atoms with E-state index in [2.05, 4.69) is 65.9 Å². The monoisotopic (exact) mass is 592 g/mol. The second kappa shape index (κ2) is 14.2. The molecule has 44 heavy (non-hydrogen) atoms. The van der Waals surface area contributed by atoms with Crippen LogP contribution < -0.4 is 15.4 Å². The average molecular weight is 593 g/mol. The summed E-state index contributed by atoms with van der Waals surface area (Å²) in [6, 6.07) is 32.4. The fraction of sp³-hybridized carbons (Fsp3) is 0.278. The minimum Gasteiger partial charge on any atom is -0.486 e. The van der Waals surface area contributed by atoms with Crippen LogP contribution in [0.5, 0.6) is 5.75 Å². The summed E-state index contributed by atoms with van der Waals surface area (Å²) >= 11 is 0. The van der Waals surface area contributed by atoms with Gasteiger partial charge >= 0.3 is 6.03 Å². The smallest absolute Gasteiger partial charge is 0.323 e. The summed E-state index contributed by atoms with van der Waals surface area (Å²) in [4.78, 5) is 30.6. The van der Waals surface area contributed by atoms with Gasteiger partial charge < -0.3 is 25.4 Å². The Hall–Kier alpha value is -4.66. The summed E-state index contributed by atoms with van der Waals surface area (Å²) in [5.41, 5.74) is 4.92. The maximum atomic E-state index is 13.8. The van der Waals surface area contributed by atoms with Crippen molar-refractivity contribution in [3.05, 3.63) is 114 Å². The highest BCUT2D eigenvalue weighted by Gasteiger charge is 2.34. The summed E-state index contributed by atoms with van der Waals surface area (Å²) in [7, 11) is 2.05. The van der Waals surface area contributed by atoms with Crippen molar-refractivity contribution < 1.29 is 19.4 Å². The van der Waals surface area contributed by atoms with Crippen LogP contribution in [0.25, 0.3) is 11.1 Å². The number of rotatable bonds is 9. The van der Waals surface area contributed by atoms with E-state index in [1.807, 2.05) is 43.3 Å². The van der Waals surface area contributed by atoms with E-state index in [0.717, 1.165) is 0 Å². The van der Waals surface area contributed by atoms with E-state index in [1.165, 1.54) is 16.7 Å². The number of aliphatic hydroxyl groups excluding tert-OH is 1. The Labute approximate surface area is 259 Å². The quantitative estimate of drug-likeness (QED) is 0.211. The van der Waals surface area contributed by atoms with Gasteiger partial charge in [-0.1, -0.05) is 85.8 Å². The zero-order valence-electron chi connectivity index (χ0n) is 25.4. The summed E-state index contributed by atoms with van der Waals surface area (Å²) < 4.78 is 6.65. The van der Waals surface area contributed by atoms with Gasteiger partial charge in [0.15, 0.2) is 5.75 Å². The molecule has 8 heteroatoms. The Kier molecular flexibility index (Phi) is 9.94. The predicted octanol–water partition coefficient (Wildman–Crippen LogP) is 6.35. The number of aliphatic hydroxyl groups is 1. The van der Waals surface area contributed by atoms with Gasteiger partial charge in [-0.3, -0.25) is 9.69 Å². The van der Waals surface area contributed by atoms with Gasteiger partial charge in [0.05, 0.1) is 23.9 Å². The molecule has 1 heterocycles. The molecule has 0 spiro atoms. The van der Waals surface area contributed by atoms with Crippen molar-refractivity contribution in [3.63, 3.8) is 0 Å².